The zero-order chi connectivity index (χ0) is 10.9. The molecule has 1 saturated carbocycles. The molecule has 0 amide bonds. The van der Waals surface area contributed by atoms with E-state index in [9.17, 15) is 0 Å². The number of ether oxygens (including phenoxy) is 1. The molecular weight excluding hydrogens is 206 g/mol. The van der Waals surface area contributed by atoms with Crippen LogP contribution in [0.4, 0.5) is 0 Å². The maximum absolute atomic E-state index is 5.04. The highest BCUT2D eigenvalue weighted by Gasteiger charge is 2.20. The normalized spacial score (nSPS) is 26.8. The molecule has 90 valence electrons. The monoisotopic (exact) mass is 231 g/mol. The van der Waals surface area contributed by atoms with Crippen molar-refractivity contribution >= 4 is 11.8 Å². The number of thioether (sulfide) groups is 1. The van der Waals surface area contributed by atoms with Gasteiger partial charge in [0, 0.05) is 25.0 Å². The summed E-state index contributed by atoms with van der Waals surface area (Å²) < 4.78 is 5.04. The first-order chi connectivity index (χ1) is 7.36. The van der Waals surface area contributed by atoms with Gasteiger partial charge in [0.25, 0.3) is 0 Å². The molecule has 0 aromatic heterocycles. The average molecular weight is 231 g/mol. The van der Waals surface area contributed by atoms with E-state index in [0.717, 1.165) is 24.4 Å². The zero-order valence-corrected chi connectivity index (χ0v) is 10.9. The van der Waals surface area contributed by atoms with Crippen LogP contribution in [-0.4, -0.2) is 37.8 Å². The van der Waals surface area contributed by atoms with Crippen LogP contribution in [0, 0.1) is 0 Å². The van der Waals surface area contributed by atoms with E-state index in [4.69, 9.17) is 4.74 Å². The molecule has 0 saturated heterocycles. The van der Waals surface area contributed by atoms with Crippen molar-refractivity contribution in [3.8, 4) is 0 Å². The third-order valence-electron chi connectivity index (χ3n) is 3.17. The van der Waals surface area contributed by atoms with Crippen molar-refractivity contribution in [2.75, 3.05) is 26.5 Å². The number of hydrogen-bond acceptors (Lipinski definition) is 3. The molecule has 0 aromatic rings. The van der Waals surface area contributed by atoms with Crippen LogP contribution in [0.25, 0.3) is 0 Å². The average Bonchev–Trinajstić information content (AvgIpc) is 2.29. The summed E-state index contributed by atoms with van der Waals surface area (Å²) in [6, 6.07) is 0.777. The van der Waals surface area contributed by atoms with Gasteiger partial charge in [0.1, 0.15) is 0 Å². The lowest BCUT2D eigenvalue weighted by molar-refractivity contribution is 0.192. The summed E-state index contributed by atoms with van der Waals surface area (Å²) in [5, 5.41) is 4.57. The van der Waals surface area contributed by atoms with Crippen molar-refractivity contribution in [2.45, 2.75) is 49.8 Å². The molecule has 1 fully saturated rings. The minimum Gasteiger partial charge on any atom is -0.385 e. The van der Waals surface area contributed by atoms with Gasteiger partial charge >= 0.3 is 0 Å². The lowest BCUT2D eigenvalue weighted by atomic mass is 9.95. The molecule has 2 unspecified atom stereocenters. The lowest BCUT2D eigenvalue weighted by Gasteiger charge is -2.28. The number of hydrogen-bond donors (Lipinski definition) is 1. The molecule has 0 aliphatic heterocycles. The van der Waals surface area contributed by atoms with Crippen molar-refractivity contribution in [3.05, 3.63) is 0 Å². The highest BCUT2D eigenvalue weighted by atomic mass is 32.2. The smallest absolute Gasteiger partial charge is 0.0462 e. The first-order valence-corrected chi connectivity index (χ1v) is 7.40. The van der Waals surface area contributed by atoms with Gasteiger partial charge in [-0.15, -0.1) is 0 Å². The van der Waals surface area contributed by atoms with E-state index < -0.39 is 0 Å². The Morgan fingerprint density at radius 1 is 1.33 bits per heavy atom. The predicted octanol–water partition coefficient (Wildman–Crippen LogP) is 2.68. The fourth-order valence-corrected chi connectivity index (χ4v) is 3.05. The van der Waals surface area contributed by atoms with Gasteiger partial charge in [-0.2, -0.15) is 11.8 Å². The lowest BCUT2D eigenvalue weighted by Crippen LogP contribution is -2.35. The van der Waals surface area contributed by atoms with E-state index in [1.54, 1.807) is 7.11 Å². The highest BCUT2D eigenvalue weighted by Crippen LogP contribution is 2.26. The summed E-state index contributed by atoms with van der Waals surface area (Å²) in [6.07, 6.45) is 10.2. The second kappa shape index (κ2) is 8.43. The predicted molar refractivity (Wildman–Crippen MR) is 68.7 cm³/mol. The van der Waals surface area contributed by atoms with Gasteiger partial charge in [-0.3, -0.25) is 0 Å². The Morgan fingerprint density at radius 2 is 2.20 bits per heavy atom. The topological polar surface area (TPSA) is 21.3 Å². The Balaban J connectivity index is 2.00. The molecule has 1 N–H and O–H groups in total. The Hall–Kier alpha value is 0.270. The third kappa shape index (κ3) is 5.79. The summed E-state index contributed by atoms with van der Waals surface area (Å²) in [7, 11) is 1.78. The Labute approximate surface area is 98.5 Å². The minimum absolute atomic E-state index is 0.777. The maximum Gasteiger partial charge on any atom is 0.0462 e. The van der Waals surface area contributed by atoms with Gasteiger partial charge in [0.05, 0.1) is 0 Å². The highest BCUT2D eigenvalue weighted by molar-refractivity contribution is 7.99. The quantitative estimate of drug-likeness (QED) is 0.681. The van der Waals surface area contributed by atoms with E-state index >= 15 is 0 Å². The maximum atomic E-state index is 5.04. The van der Waals surface area contributed by atoms with Gasteiger partial charge in [-0.25, -0.2) is 0 Å². The molecule has 0 radical (unpaired) electrons. The van der Waals surface area contributed by atoms with Gasteiger partial charge in [-0.05, 0) is 44.9 Å². The summed E-state index contributed by atoms with van der Waals surface area (Å²) >= 11 is 2.04. The zero-order valence-electron chi connectivity index (χ0n) is 10.1. The van der Waals surface area contributed by atoms with Crippen LogP contribution in [0.15, 0.2) is 0 Å². The van der Waals surface area contributed by atoms with Crippen molar-refractivity contribution in [1.82, 2.24) is 5.32 Å². The molecule has 0 spiro atoms. The van der Waals surface area contributed by atoms with E-state index in [1.807, 2.05) is 11.8 Å². The second-order valence-electron chi connectivity index (χ2n) is 4.38. The van der Waals surface area contributed by atoms with Gasteiger partial charge in [0.2, 0.25) is 0 Å². The van der Waals surface area contributed by atoms with Crippen LogP contribution in [0.5, 0.6) is 0 Å². The van der Waals surface area contributed by atoms with Crippen molar-refractivity contribution < 1.29 is 4.74 Å². The number of nitrogens with one attached hydrogen (secondary N) is 1. The third-order valence-corrected chi connectivity index (χ3v) is 4.26. The van der Waals surface area contributed by atoms with E-state index in [0.29, 0.717) is 0 Å². The van der Waals surface area contributed by atoms with Crippen molar-refractivity contribution in [1.29, 1.82) is 0 Å². The Morgan fingerprint density at radius 3 is 2.93 bits per heavy atom. The van der Waals surface area contributed by atoms with Gasteiger partial charge < -0.3 is 10.1 Å². The summed E-state index contributed by atoms with van der Waals surface area (Å²) in [4.78, 5) is 0. The van der Waals surface area contributed by atoms with Gasteiger partial charge in [-0.1, -0.05) is 6.42 Å². The van der Waals surface area contributed by atoms with Crippen LogP contribution >= 0.6 is 11.8 Å². The number of rotatable bonds is 7. The molecule has 2 nitrogen and oxygen atoms in total. The van der Waals surface area contributed by atoms with Gasteiger partial charge in [0.15, 0.2) is 0 Å². The summed E-state index contributed by atoms with van der Waals surface area (Å²) in [5.74, 6) is 0. The van der Waals surface area contributed by atoms with Crippen LogP contribution in [0.3, 0.4) is 0 Å². The second-order valence-corrected chi connectivity index (χ2v) is 5.51. The first-order valence-electron chi connectivity index (χ1n) is 6.12. The molecule has 2 atom stereocenters. The number of unbranched alkanes of at least 4 members (excludes halogenated alkanes) is 1. The standard InChI is InChI=1S/C12H25NOS/c1-14-9-4-3-8-13-11-6-5-7-12(10-11)15-2/h11-13H,3-10H2,1-2H3. The molecule has 0 bridgehead atoms. The van der Waals surface area contributed by atoms with E-state index in [-0.39, 0.29) is 0 Å². The molecule has 0 aromatic carbocycles. The van der Waals surface area contributed by atoms with E-state index in [2.05, 4.69) is 11.6 Å². The fraction of sp³-hybridized carbons (Fsp3) is 1.00. The SMILES string of the molecule is COCCCCNC1CCCC(SC)C1. The van der Waals surface area contributed by atoms with Crippen LogP contribution in [0.1, 0.15) is 38.5 Å². The number of methoxy groups -OCH3 is 1. The largest absolute Gasteiger partial charge is 0.385 e. The molecule has 15 heavy (non-hydrogen) atoms. The molecule has 1 aliphatic carbocycles. The molecule has 1 aliphatic rings. The van der Waals surface area contributed by atoms with E-state index in [1.165, 1.54) is 38.5 Å². The summed E-state index contributed by atoms with van der Waals surface area (Å²) in [5.41, 5.74) is 0. The Kier molecular flexibility index (Phi) is 7.49. The molecular formula is C12H25NOS. The first kappa shape index (κ1) is 13.3. The van der Waals surface area contributed by atoms with Crippen LogP contribution in [0.2, 0.25) is 0 Å². The fourth-order valence-electron chi connectivity index (χ4n) is 2.22. The Bertz CT molecular complexity index is 155. The van der Waals surface area contributed by atoms with Crippen molar-refractivity contribution in [2.24, 2.45) is 0 Å². The summed E-state index contributed by atoms with van der Waals surface area (Å²) in [6.45, 7) is 2.06. The van der Waals surface area contributed by atoms with Crippen LogP contribution in [-0.2, 0) is 4.74 Å². The molecule has 1 rings (SSSR count). The van der Waals surface area contributed by atoms with Crippen molar-refractivity contribution in [3.63, 3.8) is 0 Å². The molecule has 3 heteroatoms. The van der Waals surface area contributed by atoms with Crippen LogP contribution < -0.4 is 5.32 Å². The minimum atomic E-state index is 0.777. The molecule has 0 heterocycles.